The average Bonchev–Trinajstić information content (AvgIpc) is 2.58. The van der Waals surface area contributed by atoms with Crippen molar-refractivity contribution in [3.63, 3.8) is 0 Å². The van der Waals surface area contributed by atoms with Crippen LogP contribution in [0.4, 0.5) is 14.5 Å². The van der Waals surface area contributed by atoms with E-state index < -0.39 is 29.6 Å². The Morgan fingerprint density at radius 3 is 2.46 bits per heavy atom. The van der Waals surface area contributed by atoms with Crippen molar-refractivity contribution in [1.29, 1.82) is 0 Å². The molecule has 0 fully saturated rings. The number of hydrogen-bond donors (Lipinski definition) is 0. The number of halogens is 2. The molecule has 1 heterocycles. The van der Waals surface area contributed by atoms with Crippen molar-refractivity contribution in [2.45, 2.75) is 18.9 Å². The summed E-state index contributed by atoms with van der Waals surface area (Å²) in [4.78, 5) is 26.2. The van der Waals surface area contributed by atoms with E-state index in [1.807, 2.05) is 12.1 Å². The summed E-state index contributed by atoms with van der Waals surface area (Å²) in [6.45, 7) is 0. The number of fused-ring (bicyclic) bond motifs is 1. The topological polar surface area (TPSA) is 46.6 Å². The van der Waals surface area contributed by atoms with Gasteiger partial charge in [-0.25, -0.2) is 13.6 Å². The summed E-state index contributed by atoms with van der Waals surface area (Å²) in [5.41, 5.74) is 1.29. The molecule has 0 aliphatic carbocycles. The van der Waals surface area contributed by atoms with Gasteiger partial charge >= 0.3 is 5.97 Å². The number of benzene rings is 2. The van der Waals surface area contributed by atoms with E-state index in [4.69, 9.17) is 4.74 Å². The highest BCUT2D eigenvalue weighted by Crippen LogP contribution is 2.32. The van der Waals surface area contributed by atoms with Gasteiger partial charge in [0, 0.05) is 17.3 Å². The summed E-state index contributed by atoms with van der Waals surface area (Å²) in [5.74, 6) is -2.90. The van der Waals surface area contributed by atoms with Crippen LogP contribution in [0.15, 0.2) is 42.5 Å². The molecule has 3 rings (SSSR count). The number of anilines is 1. The van der Waals surface area contributed by atoms with Crippen LogP contribution < -0.4 is 4.90 Å². The summed E-state index contributed by atoms with van der Waals surface area (Å²) in [7, 11) is 1.24. The molecule has 0 spiro atoms. The average molecular weight is 331 g/mol. The fourth-order valence-electron chi connectivity index (χ4n) is 2.97. The molecule has 1 aliphatic rings. The zero-order valence-corrected chi connectivity index (χ0v) is 13.0. The lowest BCUT2D eigenvalue weighted by molar-refractivity contribution is -0.142. The number of carbonyl (C=O) groups excluding carboxylic acids is 2. The van der Waals surface area contributed by atoms with E-state index in [-0.39, 0.29) is 5.56 Å². The number of esters is 1. The molecule has 0 unspecified atom stereocenters. The second-order valence-electron chi connectivity index (χ2n) is 5.54. The van der Waals surface area contributed by atoms with Crippen LogP contribution in [-0.2, 0) is 16.0 Å². The van der Waals surface area contributed by atoms with Crippen LogP contribution in [0.25, 0.3) is 0 Å². The fraction of sp³-hybridized carbons (Fsp3) is 0.222. The summed E-state index contributed by atoms with van der Waals surface area (Å²) in [6, 6.07) is 8.91. The van der Waals surface area contributed by atoms with Gasteiger partial charge in [-0.15, -0.1) is 0 Å². The van der Waals surface area contributed by atoms with Gasteiger partial charge < -0.3 is 4.74 Å². The summed E-state index contributed by atoms with van der Waals surface area (Å²) in [6.07, 6.45) is 0.991. The Hall–Kier alpha value is -2.76. The van der Waals surface area contributed by atoms with Crippen LogP contribution >= 0.6 is 0 Å². The van der Waals surface area contributed by atoms with Crippen LogP contribution in [0, 0.1) is 11.6 Å². The first-order chi connectivity index (χ1) is 11.5. The van der Waals surface area contributed by atoms with Gasteiger partial charge in [-0.1, -0.05) is 18.2 Å². The third-order valence-corrected chi connectivity index (χ3v) is 4.05. The van der Waals surface area contributed by atoms with Gasteiger partial charge in [0.1, 0.15) is 17.7 Å². The van der Waals surface area contributed by atoms with E-state index in [1.54, 1.807) is 12.1 Å². The molecule has 6 heteroatoms. The number of carbonyl (C=O) groups is 2. The summed E-state index contributed by atoms with van der Waals surface area (Å²) >= 11 is 0. The predicted molar refractivity (Wildman–Crippen MR) is 83.7 cm³/mol. The van der Waals surface area contributed by atoms with Gasteiger partial charge in [0.25, 0.3) is 5.91 Å². The maximum Gasteiger partial charge on any atom is 0.328 e. The number of amides is 1. The summed E-state index contributed by atoms with van der Waals surface area (Å²) in [5, 5.41) is 0. The van der Waals surface area contributed by atoms with Crippen molar-refractivity contribution in [2.75, 3.05) is 12.0 Å². The highest BCUT2D eigenvalue weighted by molar-refractivity contribution is 6.10. The summed E-state index contributed by atoms with van der Waals surface area (Å²) < 4.78 is 31.7. The van der Waals surface area contributed by atoms with Crippen LogP contribution in [0.1, 0.15) is 22.3 Å². The second-order valence-corrected chi connectivity index (χ2v) is 5.54. The number of hydrogen-bond acceptors (Lipinski definition) is 3. The lowest BCUT2D eigenvalue weighted by atomic mass is 9.94. The third kappa shape index (κ3) is 2.87. The van der Waals surface area contributed by atoms with Crippen LogP contribution in [0.2, 0.25) is 0 Å². The van der Waals surface area contributed by atoms with Crippen molar-refractivity contribution >= 4 is 17.6 Å². The fourth-order valence-corrected chi connectivity index (χ4v) is 2.97. The zero-order chi connectivity index (χ0) is 17.3. The Bertz CT molecular complexity index is 786. The first kappa shape index (κ1) is 16.1. The van der Waals surface area contributed by atoms with Gasteiger partial charge in [0.05, 0.1) is 7.11 Å². The number of para-hydroxylation sites is 1. The third-order valence-electron chi connectivity index (χ3n) is 4.05. The molecule has 1 atom stereocenters. The van der Waals surface area contributed by atoms with E-state index in [9.17, 15) is 18.4 Å². The molecule has 4 nitrogen and oxygen atoms in total. The van der Waals surface area contributed by atoms with Crippen LogP contribution in [0.5, 0.6) is 0 Å². The molecule has 24 heavy (non-hydrogen) atoms. The van der Waals surface area contributed by atoms with Gasteiger partial charge in [0.15, 0.2) is 0 Å². The number of ether oxygens (including phenoxy) is 1. The monoisotopic (exact) mass is 331 g/mol. The number of nitrogens with zero attached hydrogens (tertiary/aromatic N) is 1. The van der Waals surface area contributed by atoms with Crippen LogP contribution in [0.3, 0.4) is 0 Å². The molecular weight excluding hydrogens is 316 g/mol. The predicted octanol–water partition coefficient (Wildman–Crippen LogP) is 3.10. The molecule has 0 saturated heterocycles. The smallest absolute Gasteiger partial charge is 0.328 e. The van der Waals surface area contributed by atoms with Gasteiger partial charge in [0.2, 0.25) is 0 Å². The molecule has 2 aromatic carbocycles. The molecule has 0 N–H and O–H groups in total. The standard InChI is InChI=1S/C18H15F2NO3/c1-24-18(23)16-7-6-11-4-2-3-5-15(11)21(16)17(22)12-8-13(19)10-14(20)9-12/h2-5,8-10,16H,6-7H2,1H3/t16-/m1/s1. The van der Waals surface area contributed by atoms with E-state index in [0.717, 1.165) is 17.7 Å². The minimum absolute atomic E-state index is 0.155. The second kappa shape index (κ2) is 6.39. The molecule has 0 aromatic heterocycles. The van der Waals surface area contributed by atoms with Gasteiger partial charge in [-0.2, -0.15) is 0 Å². The maximum atomic E-state index is 13.5. The number of rotatable bonds is 2. The van der Waals surface area contributed by atoms with E-state index in [2.05, 4.69) is 0 Å². The normalized spacial score (nSPS) is 16.5. The lowest BCUT2D eigenvalue weighted by Gasteiger charge is -2.35. The first-order valence-electron chi connectivity index (χ1n) is 7.46. The molecule has 1 amide bonds. The molecule has 0 radical (unpaired) electrons. The Balaban J connectivity index is 2.09. The Morgan fingerprint density at radius 2 is 1.79 bits per heavy atom. The largest absolute Gasteiger partial charge is 0.467 e. The van der Waals surface area contributed by atoms with Crippen LogP contribution in [-0.4, -0.2) is 25.0 Å². The minimum Gasteiger partial charge on any atom is -0.467 e. The Labute approximate surface area is 137 Å². The van der Waals surface area contributed by atoms with Crippen molar-refractivity contribution in [2.24, 2.45) is 0 Å². The molecule has 1 aliphatic heterocycles. The van der Waals surface area contributed by atoms with Crippen molar-refractivity contribution in [3.8, 4) is 0 Å². The highest BCUT2D eigenvalue weighted by atomic mass is 19.1. The lowest BCUT2D eigenvalue weighted by Crippen LogP contribution is -2.48. The van der Waals surface area contributed by atoms with E-state index in [0.29, 0.717) is 24.6 Å². The molecule has 0 bridgehead atoms. The van der Waals surface area contributed by atoms with Gasteiger partial charge in [-0.3, -0.25) is 9.69 Å². The first-order valence-corrected chi connectivity index (χ1v) is 7.46. The number of aryl methyl sites for hydroxylation is 1. The van der Waals surface area contributed by atoms with Crippen molar-refractivity contribution in [3.05, 3.63) is 65.2 Å². The van der Waals surface area contributed by atoms with E-state index in [1.165, 1.54) is 12.0 Å². The van der Waals surface area contributed by atoms with Gasteiger partial charge in [-0.05, 0) is 36.6 Å². The Morgan fingerprint density at radius 1 is 1.12 bits per heavy atom. The SMILES string of the molecule is COC(=O)[C@H]1CCc2ccccc2N1C(=O)c1cc(F)cc(F)c1. The highest BCUT2D eigenvalue weighted by Gasteiger charge is 2.36. The zero-order valence-electron chi connectivity index (χ0n) is 13.0. The van der Waals surface area contributed by atoms with Crippen molar-refractivity contribution in [1.82, 2.24) is 0 Å². The van der Waals surface area contributed by atoms with Crippen molar-refractivity contribution < 1.29 is 23.1 Å². The molecule has 2 aromatic rings. The maximum absolute atomic E-state index is 13.5. The minimum atomic E-state index is -0.849. The molecule has 124 valence electrons. The Kier molecular flexibility index (Phi) is 4.29. The van der Waals surface area contributed by atoms with E-state index >= 15 is 0 Å². The molecule has 0 saturated carbocycles. The number of methoxy groups -OCH3 is 1. The quantitative estimate of drug-likeness (QED) is 0.795. The molecular formula is C18H15F2NO3.